The second-order valence-corrected chi connectivity index (χ2v) is 5.77. The number of fused-ring (bicyclic) bond motifs is 1. The summed E-state index contributed by atoms with van der Waals surface area (Å²) in [5.41, 5.74) is 2.55. The van der Waals surface area contributed by atoms with Crippen molar-refractivity contribution in [2.24, 2.45) is 0 Å². The van der Waals surface area contributed by atoms with E-state index >= 15 is 0 Å². The van der Waals surface area contributed by atoms with Gasteiger partial charge in [0, 0.05) is 15.3 Å². The topological polar surface area (TPSA) is 9.23 Å². The Balaban J connectivity index is 1.82. The summed E-state index contributed by atoms with van der Waals surface area (Å²) in [4.78, 5) is 0. The van der Waals surface area contributed by atoms with Crippen molar-refractivity contribution in [3.8, 4) is 5.75 Å². The van der Waals surface area contributed by atoms with Crippen LogP contribution >= 0.6 is 22.9 Å². The highest BCUT2D eigenvalue weighted by molar-refractivity contribution is 7.17. The van der Waals surface area contributed by atoms with Crippen molar-refractivity contribution in [1.29, 1.82) is 0 Å². The third-order valence-electron chi connectivity index (χ3n) is 3.08. The predicted octanol–water partition coefficient (Wildman–Crippen LogP) is 5.44. The van der Waals surface area contributed by atoms with Crippen molar-refractivity contribution >= 4 is 33.0 Å². The van der Waals surface area contributed by atoms with Gasteiger partial charge in [0.2, 0.25) is 0 Å². The Morgan fingerprint density at radius 3 is 2.68 bits per heavy atom. The van der Waals surface area contributed by atoms with Crippen molar-refractivity contribution in [2.75, 3.05) is 0 Å². The molecular weight excluding hydrogens is 276 g/mol. The summed E-state index contributed by atoms with van der Waals surface area (Å²) in [6.07, 6.45) is 0. The molecule has 0 radical (unpaired) electrons. The Kier molecular flexibility index (Phi) is 3.45. The summed E-state index contributed by atoms with van der Waals surface area (Å²) in [6, 6.07) is 13.8. The summed E-state index contributed by atoms with van der Waals surface area (Å²) < 4.78 is 7.15. The maximum absolute atomic E-state index is 5.85. The molecule has 0 saturated carbocycles. The molecule has 0 aliphatic rings. The molecule has 0 bridgehead atoms. The van der Waals surface area contributed by atoms with Crippen molar-refractivity contribution < 1.29 is 4.74 Å². The SMILES string of the molecule is Cc1cccc2c(COc3ccc(Cl)cc3)csc12. The second kappa shape index (κ2) is 5.24. The molecule has 0 unspecified atom stereocenters. The molecule has 0 atom stereocenters. The molecule has 2 aromatic carbocycles. The lowest BCUT2D eigenvalue weighted by Crippen LogP contribution is -1.94. The van der Waals surface area contributed by atoms with Crippen LogP contribution in [0.25, 0.3) is 10.1 Å². The summed E-state index contributed by atoms with van der Waals surface area (Å²) in [7, 11) is 0. The van der Waals surface area contributed by atoms with Crippen molar-refractivity contribution in [1.82, 2.24) is 0 Å². The van der Waals surface area contributed by atoms with Gasteiger partial charge in [0.25, 0.3) is 0 Å². The van der Waals surface area contributed by atoms with E-state index in [9.17, 15) is 0 Å². The zero-order chi connectivity index (χ0) is 13.2. The van der Waals surface area contributed by atoms with Crippen LogP contribution in [-0.2, 0) is 6.61 Å². The molecule has 1 aromatic heterocycles. The molecule has 19 heavy (non-hydrogen) atoms. The molecule has 3 heteroatoms. The minimum absolute atomic E-state index is 0.588. The largest absolute Gasteiger partial charge is 0.489 e. The molecule has 96 valence electrons. The Bertz CT molecular complexity index is 700. The summed E-state index contributed by atoms with van der Waals surface area (Å²) in [5, 5.41) is 4.19. The Labute approximate surface area is 121 Å². The first-order valence-corrected chi connectivity index (χ1v) is 7.34. The summed E-state index contributed by atoms with van der Waals surface area (Å²) in [6.45, 7) is 2.73. The fourth-order valence-electron chi connectivity index (χ4n) is 2.06. The molecule has 0 fully saturated rings. The Morgan fingerprint density at radius 1 is 1.11 bits per heavy atom. The number of ether oxygens (including phenoxy) is 1. The third-order valence-corrected chi connectivity index (χ3v) is 4.52. The van der Waals surface area contributed by atoms with Gasteiger partial charge in [-0.25, -0.2) is 0 Å². The molecule has 0 N–H and O–H groups in total. The standard InChI is InChI=1S/C16H13ClOS/c1-11-3-2-4-15-12(10-19-16(11)15)9-18-14-7-5-13(17)6-8-14/h2-8,10H,9H2,1H3. The second-order valence-electron chi connectivity index (χ2n) is 4.46. The number of halogens is 1. The van der Waals surface area contributed by atoms with E-state index in [0.717, 1.165) is 10.8 Å². The molecular formula is C16H13ClOS. The van der Waals surface area contributed by atoms with Crippen molar-refractivity contribution in [3.05, 3.63) is 64.0 Å². The number of hydrogen-bond donors (Lipinski definition) is 0. The van der Waals surface area contributed by atoms with E-state index < -0.39 is 0 Å². The number of thiophene rings is 1. The van der Waals surface area contributed by atoms with E-state index in [0.29, 0.717) is 6.61 Å². The molecule has 0 aliphatic heterocycles. The van der Waals surface area contributed by atoms with Crippen molar-refractivity contribution in [3.63, 3.8) is 0 Å². The van der Waals surface area contributed by atoms with Gasteiger partial charge in [-0.05, 0) is 47.5 Å². The van der Waals surface area contributed by atoms with E-state index in [1.54, 1.807) is 11.3 Å². The predicted molar refractivity (Wildman–Crippen MR) is 82.3 cm³/mol. The number of benzene rings is 2. The van der Waals surface area contributed by atoms with Crippen LogP contribution in [0.1, 0.15) is 11.1 Å². The zero-order valence-corrected chi connectivity index (χ0v) is 12.1. The number of aryl methyl sites for hydroxylation is 1. The first-order chi connectivity index (χ1) is 9.24. The van der Waals surface area contributed by atoms with E-state index in [-0.39, 0.29) is 0 Å². The van der Waals surface area contributed by atoms with Crippen LogP contribution in [0, 0.1) is 6.92 Å². The number of rotatable bonds is 3. The smallest absolute Gasteiger partial charge is 0.119 e. The van der Waals surface area contributed by atoms with Crippen LogP contribution in [0.15, 0.2) is 47.8 Å². The minimum atomic E-state index is 0.588. The Morgan fingerprint density at radius 2 is 1.89 bits per heavy atom. The first kappa shape index (κ1) is 12.5. The minimum Gasteiger partial charge on any atom is -0.489 e. The maximum Gasteiger partial charge on any atom is 0.119 e. The van der Waals surface area contributed by atoms with Gasteiger partial charge in [-0.3, -0.25) is 0 Å². The van der Waals surface area contributed by atoms with Crippen LogP contribution in [0.3, 0.4) is 0 Å². The lowest BCUT2D eigenvalue weighted by Gasteiger charge is -2.05. The van der Waals surface area contributed by atoms with Gasteiger partial charge in [-0.1, -0.05) is 29.8 Å². The average Bonchev–Trinajstić information content (AvgIpc) is 2.83. The normalized spacial score (nSPS) is 10.8. The highest BCUT2D eigenvalue weighted by Crippen LogP contribution is 2.29. The van der Waals surface area contributed by atoms with Gasteiger partial charge in [-0.15, -0.1) is 11.3 Å². The zero-order valence-electron chi connectivity index (χ0n) is 10.5. The first-order valence-electron chi connectivity index (χ1n) is 6.08. The molecule has 3 rings (SSSR count). The molecule has 1 heterocycles. The average molecular weight is 289 g/mol. The maximum atomic E-state index is 5.85. The van der Waals surface area contributed by atoms with Gasteiger partial charge < -0.3 is 4.74 Å². The molecule has 0 spiro atoms. The van der Waals surface area contributed by atoms with Crippen LogP contribution in [-0.4, -0.2) is 0 Å². The van der Waals surface area contributed by atoms with E-state index in [2.05, 4.69) is 30.5 Å². The quantitative estimate of drug-likeness (QED) is 0.623. The van der Waals surface area contributed by atoms with Gasteiger partial charge in [0.05, 0.1) is 0 Å². The molecule has 3 aromatic rings. The fraction of sp³-hybridized carbons (Fsp3) is 0.125. The highest BCUT2D eigenvalue weighted by atomic mass is 35.5. The Hall–Kier alpha value is -1.51. The van der Waals surface area contributed by atoms with Crippen LogP contribution in [0.4, 0.5) is 0 Å². The number of hydrogen-bond acceptors (Lipinski definition) is 2. The van der Waals surface area contributed by atoms with Gasteiger partial charge >= 0.3 is 0 Å². The lowest BCUT2D eigenvalue weighted by atomic mass is 10.1. The van der Waals surface area contributed by atoms with Gasteiger partial charge in [-0.2, -0.15) is 0 Å². The molecule has 1 nitrogen and oxygen atoms in total. The highest BCUT2D eigenvalue weighted by Gasteiger charge is 2.06. The lowest BCUT2D eigenvalue weighted by molar-refractivity contribution is 0.308. The molecule has 0 saturated heterocycles. The van der Waals surface area contributed by atoms with Crippen LogP contribution in [0.2, 0.25) is 5.02 Å². The molecule has 0 aliphatic carbocycles. The third kappa shape index (κ3) is 2.60. The summed E-state index contributed by atoms with van der Waals surface area (Å²) in [5.74, 6) is 0.844. The molecule has 0 amide bonds. The monoisotopic (exact) mass is 288 g/mol. The van der Waals surface area contributed by atoms with E-state index in [4.69, 9.17) is 16.3 Å². The van der Waals surface area contributed by atoms with Crippen LogP contribution in [0.5, 0.6) is 5.75 Å². The fourth-order valence-corrected chi connectivity index (χ4v) is 3.22. The van der Waals surface area contributed by atoms with E-state index in [1.807, 2.05) is 24.3 Å². The van der Waals surface area contributed by atoms with Gasteiger partial charge in [0.15, 0.2) is 0 Å². The van der Waals surface area contributed by atoms with Gasteiger partial charge in [0.1, 0.15) is 12.4 Å². The van der Waals surface area contributed by atoms with Crippen molar-refractivity contribution in [2.45, 2.75) is 13.5 Å². The van der Waals surface area contributed by atoms with E-state index in [1.165, 1.54) is 21.2 Å². The van der Waals surface area contributed by atoms with Crippen LogP contribution < -0.4 is 4.74 Å². The summed E-state index contributed by atoms with van der Waals surface area (Å²) >= 11 is 7.63.